The SMILES string of the molecule is CCOC(=O)c1ccccc1NC(=O)Cn1cc(C(=O)O)ccc1=O. The van der Waals surface area contributed by atoms with Crippen LogP contribution < -0.4 is 10.9 Å². The standard InChI is InChI=1S/C17H16N2O6/c1-2-25-17(24)12-5-3-4-6-13(12)18-14(20)10-19-9-11(16(22)23)7-8-15(19)21/h3-9H,2,10H2,1H3,(H,18,20)(H,22,23). The van der Waals surface area contributed by atoms with Gasteiger partial charge in [0.1, 0.15) is 6.54 Å². The molecule has 0 aliphatic rings. The molecule has 1 heterocycles. The molecule has 0 bridgehead atoms. The van der Waals surface area contributed by atoms with Crippen molar-refractivity contribution < 1.29 is 24.2 Å². The highest BCUT2D eigenvalue weighted by Crippen LogP contribution is 2.16. The van der Waals surface area contributed by atoms with Crippen LogP contribution in [0.5, 0.6) is 0 Å². The lowest BCUT2D eigenvalue weighted by Gasteiger charge is -2.11. The zero-order valence-corrected chi connectivity index (χ0v) is 13.4. The smallest absolute Gasteiger partial charge is 0.340 e. The molecule has 2 aromatic rings. The molecule has 0 aliphatic heterocycles. The van der Waals surface area contributed by atoms with Gasteiger partial charge in [0.2, 0.25) is 5.91 Å². The fourth-order valence-electron chi connectivity index (χ4n) is 2.10. The minimum Gasteiger partial charge on any atom is -0.478 e. The average molecular weight is 344 g/mol. The zero-order chi connectivity index (χ0) is 18.4. The monoisotopic (exact) mass is 344 g/mol. The summed E-state index contributed by atoms with van der Waals surface area (Å²) in [5, 5.41) is 11.5. The molecule has 0 fully saturated rings. The summed E-state index contributed by atoms with van der Waals surface area (Å²) in [5.41, 5.74) is -0.198. The van der Waals surface area contributed by atoms with Crippen LogP contribution in [-0.4, -0.2) is 34.1 Å². The number of carboxylic acids is 1. The largest absolute Gasteiger partial charge is 0.478 e. The predicted molar refractivity (Wildman–Crippen MR) is 88.7 cm³/mol. The molecule has 1 amide bonds. The van der Waals surface area contributed by atoms with Crippen LogP contribution in [0.1, 0.15) is 27.6 Å². The maximum absolute atomic E-state index is 12.2. The van der Waals surface area contributed by atoms with Crippen molar-refractivity contribution in [2.45, 2.75) is 13.5 Å². The number of rotatable bonds is 6. The summed E-state index contributed by atoms with van der Waals surface area (Å²) in [6.07, 6.45) is 1.08. The molecule has 0 aliphatic carbocycles. The number of esters is 1. The van der Waals surface area contributed by atoms with Crippen molar-refractivity contribution in [3.8, 4) is 0 Å². The third-order valence-corrected chi connectivity index (χ3v) is 3.24. The topological polar surface area (TPSA) is 115 Å². The Labute approximate surface area is 142 Å². The van der Waals surface area contributed by atoms with Gasteiger partial charge in [-0.1, -0.05) is 12.1 Å². The number of amides is 1. The van der Waals surface area contributed by atoms with Crippen LogP contribution in [-0.2, 0) is 16.1 Å². The number of benzene rings is 1. The maximum atomic E-state index is 12.2. The molecule has 0 saturated carbocycles. The number of para-hydroxylation sites is 1. The summed E-state index contributed by atoms with van der Waals surface area (Å²) in [7, 11) is 0. The Morgan fingerprint density at radius 3 is 2.56 bits per heavy atom. The van der Waals surface area contributed by atoms with E-state index in [0.717, 1.165) is 22.9 Å². The molecule has 2 rings (SSSR count). The normalized spacial score (nSPS) is 10.1. The highest BCUT2D eigenvalue weighted by Gasteiger charge is 2.15. The minimum absolute atomic E-state index is 0.112. The first kappa shape index (κ1) is 17.9. The van der Waals surface area contributed by atoms with Crippen molar-refractivity contribution >= 4 is 23.5 Å². The third kappa shape index (κ3) is 4.54. The van der Waals surface area contributed by atoms with Gasteiger partial charge in [0.15, 0.2) is 0 Å². The van der Waals surface area contributed by atoms with Crippen molar-refractivity contribution in [3.63, 3.8) is 0 Å². The number of pyridine rings is 1. The number of carbonyl (C=O) groups is 3. The number of ether oxygens (including phenoxy) is 1. The van der Waals surface area contributed by atoms with Crippen LogP contribution in [0, 0.1) is 0 Å². The number of carbonyl (C=O) groups excluding carboxylic acids is 2. The number of anilines is 1. The highest BCUT2D eigenvalue weighted by molar-refractivity contribution is 6.01. The van der Waals surface area contributed by atoms with Crippen molar-refractivity contribution in [3.05, 3.63) is 64.1 Å². The van der Waals surface area contributed by atoms with Crippen LogP contribution in [0.15, 0.2) is 47.4 Å². The van der Waals surface area contributed by atoms with E-state index < -0.39 is 29.9 Å². The number of nitrogens with one attached hydrogen (secondary N) is 1. The van der Waals surface area contributed by atoms with Gasteiger partial charge >= 0.3 is 11.9 Å². The number of hydrogen-bond acceptors (Lipinski definition) is 5. The molecule has 0 saturated heterocycles. The lowest BCUT2D eigenvalue weighted by Crippen LogP contribution is -2.28. The van der Waals surface area contributed by atoms with Crippen molar-refractivity contribution in [1.29, 1.82) is 0 Å². The molecule has 8 nitrogen and oxygen atoms in total. The van der Waals surface area contributed by atoms with Crippen molar-refractivity contribution in [2.75, 3.05) is 11.9 Å². The van der Waals surface area contributed by atoms with E-state index in [1.807, 2.05) is 0 Å². The van der Waals surface area contributed by atoms with E-state index in [1.165, 1.54) is 12.1 Å². The Kier molecular flexibility index (Phi) is 5.67. The minimum atomic E-state index is -1.21. The summed E-state index contributed by atoms with van der Waals surface area (Å²) in [4.78, 5) is 46.8. The summed E-state index contributed by atoms with van der Waals surface area (Å²) in [6.45, 7) is 1.47. The zero-order valence-electron chi connectivity index (χ0n) is 13.4. The van der Waals surface area contributed by atoms with Crippen LogP contribution in [0.2, 0.25) is 0 Å². The molecule has 0 spiro atoms. The number of aromatic nitrogens is 1. The van der Waals surface area contributed by atoms with Gasteiger partial charge in [-0.2, -0.15) is 0 Å². The first-order valence-corrected chi connectivity index (χ1v) is 7.42. The van der Waals surface area contributed by atoms with Gasteiger partial charge < -0.3 is 19.7 Å². The molecule has 1 aromatic carbocycles. The van der Waals surface area contributed by atoms with Gasteiger partial charge in [0, 0.05) is 12.3 Å². The molecule has 8 heteroatoms. The van der Waals surface area contributed by atoms with Gasteiger partial charge in [-0.3, -0.25) is 9.59 Å². The van der Waals surface area contributed by atoms with Gasteiger partial charge in [0.25, 0.3) is 5.56 Å². The molecule has 25 heavy (non-hydrogen) atoms. The number of carboxylic acid groups (broad SMARTS) is 1. The molecule has 2 N–H and O–H groups in total. The van der Waals surface area contributed by atoms with Crippen LogP contribution in [0.3, 0.4) is 0 Å². The molecule has 0 unspecified atom stereocenters. The van der Waals surface area contributed by atoms with Gasteiger partial charge in [0.05, 0.1) is 23.4 Å². The summed E-state index contributed by atoms with van der Waals surface area (Å²) in [5.74, 6) is -2.37. The van der Waals surface area contributed by atoms with E-state index >= 15 is 0 Å². The number of nitrogens with zero attached hydrogens (tertiary/aromatic N) is 1. The van der Waals surface area contributed by atoms with Crippen LogP contribution in [0.4, 0.5) is 5.69 Å². The molecule has 0 radical (unpaired) electrons. The molecular formula is C17H16N2O6. The lowest BCUT2D eigenvalue weighted by molar-refractivity contribution is -0.116. The van der Waals surface area contributed by atoms with Gasteiger partial charge in [-0.25, -0.2) is 9.59 Å². The van der Waals surface area contributed by atoms with E-state index in [2.05, 4.69) is 5.32 Å². The Morgan fingerprint density at radius 2 is 1.88 bits per heavy atom. The molecule has 130 valence electrons. The molecule has 0 atom stereocenters. The Balaban J connectivity index is 2.19. The van der Waals surface area contributed by atoms with Gasteiger partial charge in [-0.15, -0.1) is 0 Å². The second-order valence-corrected chi connectivity index (χ2v) is 5.00. The number of hydrogen-bond donors (Lipinski definition) is 2. The van der Waals surface area contributed by atoms with Crippen LogP contribution in [0.25, 0.3) is 0 Å². The van der Waals surface area contributed by atoms with E-state index in [9.17, 15) is 19.2 Å². The van der Waals surface area contributed by atoms with Crippen molar-refractivity contribution in [2.24, 2.45) is 0 Å². The van der Waals surface area contributed by atoms with Gasteiger partial charge in [-0.05, 0) is 25.1 Å². The Bertz CT molecular complexity index is 871. The fourth-order valence-corrected chi connectivity index (χ4v) is 2.10. The van der Waals surface area contributed by atoms with Crippen molar-refractivity contribution in [1.82, 2.24) is 4.57 Å². The predicted octanol–water partition coefficient (Wildman–Crippen LogP) is 1.36. The van der Waals surface area contributed by atoms with E-state index in [-0.39, 0.29) is 23.4 Å². The summed E-state index contributed by atoms with van der Waals surface area (Å²) in [6, 6.07) is 8.53. The molecule has 1 aromatic heterocycles. The van der Waals surface area contributed by atoms with E-state index in [4.69, 9.17) is 9.84 Å². The third-order valence-electron chi connectivity index (χ3n) is 3.24. The number of aromatic carboxylic acids is 1. The highest BCUT2D eigenvalue weighted by atomic mass is 16.5. The Hall–Kier alpha value is -3.42. The van der Waals surface area contributed by atoms with Crippen LogP contribution >= 0.6 is 0 Å². The molecular weight excluding hydrogens is 328 g/mol. The van der Waals surface area contributed by atoms with E-state index in [1.54, 1.807) is 19.1 Å². The quantitative estimate of drug-likeness (QED) is 0.765. The summed E-state index contributed by atoms with van der Waals surface area (Å²) < 4.78 is 5.90. The summed E-state index contributed by atoms with van der Waals surface area (Å²) >= 11 is 0. The first-order valence-electron chi connectivity index (χ1n) is 7.42. The first-order chi connectivity index (χ1) is 11.9. The lowest BCUT2D eigenvalue weighted by atomic mass is 10.2. The maximum Gasteiger partial charge on any atom is 0.340 e. The second-order valence-electron chi connectivity index (χ2n) is 5.00. The van der Waals surface area contributed by atoms with E-state index in [0.29, 0.717) is 0 Å². The average Bonchev–Trinajstić information content (AvgIpc) is 2.57. The second kappa shape index (κ2) is 7.91. The Morgan fingerprint density at radius 1 is 1.16 bits per heavy atom. The fraction of sp³-hybridized carbons (Fsp3) is 0.176.